The molecule has 5 nitrogen and oxygen atoms in total. The minimum absolute atomic E-state index is 0.276. The summed E-state index contributed by atoms with van der Waals surface area (Å²) < 4.78 is 0. The Labute approximate surface area is 113 Å². The van der Waals surface area contributed by atoms with Crippen molar-refractivity contribution in [3.63, 3.8) is 0 Å². The third kappa shape index (κ3) is 3.40. The zero-order valence-electron chi connectivity index (χ0n) is 11.7. The zero-order valence-corrected chi connectivity index (χ0v) is 11.7. The van der Waals surface area contributed by atoms with Crippen LogP contribution < -0.4 is 10.6 Å². The van der Waals surface area contributed by atoms with Gasteiger partial charge in [0.1, 0.15) is 0 Å². The van der Waals surface area contributed by atoms with Gasteiger partial charge in [-0.25, -0.2) is 0 Å². The number of nitrogens with one attached hydrogen (secondary N) is 2. The Balaban J connectivity index is 2.21. The number of benzene rings is 1. The van der Waals surface area contributed by atoms with E-state index < -0.39 is 0 Å². The molecule has 1 aromatic heterocycles. The van der Waals surface area contributed by atoms with Gasteiger partial charge in [-0.15, -0.1) is 5.10 Å². The van der Waals surface area contributed by atoms with Crippen LogP contribution in [0.4, 0.5) is 17.5 Å². The highest BCUT2D eigenvalue weighted by Crippen LogP contribution is 2.21. The molecule has 0 aliphatic carbocycles. The van der Waals surface area contributed by atoms with Crippen LogP contribution in [0.2, 0.25) is 0 Å². The SMILES string of the molecule is Cc1cccc(Nc2cnnc(NC(C)C)n2)c1C. The molecule has 0 saturated heterocycles. The van der Waals surface area contributed by atoms with Crippen molar-refractivity contribution in [3.05, 3.63) is 35.5 Å². The minimum Gasteiger partial charge on any atom is -0.351 e. The lowest BCUT2D eigenvalue weighted by molar-refractivity contribution is 0.852. The summed E-state index contributed by atoms with van der Waals surface area (Å²) in [7, 11) is 0. The number of rotatable bonds is 4. The maximum Gasteiger partial charge on any atom is 0.244 e. The van der Waals surface area contributed by atoms with Crippen LogP contribution in [0.3, 0.4) is 0 Å². The van der Waals surface area contributed by atoms with Gasteiger partial charge in [-0.2, -0.15) is 10.1 Å². The van der Waals surface area contributed by atoms with Crippen molar-refractivity contribution in [2.24, 2.45) is 0 Å². The summed E-state index contributed by atoms with van der Waals surface area (Å²) >= 11 is 0. The third-order valence-electron chi connectivity index (χ3n) is 2.84. The molecule has 0 fully saturated rings. The van der Waals surface area contributed by atoms with Crippen LogP contribution in [-0.4, -0.2) is 21.2 Å². The lowest BCUT2D eigenvalue weighted by Crippen LogP contribution is -2.13. The Kier molecular flexibility index (Phi) is 3.94. The summed E-state index contributed by atoms with van der Waals surface area (Å²) in [4.78, 5) is 4.38. The van der Waals surface area contributed by atoms with Gasteiger partial charge in [0.25, 0.3) is 0 Å². The average Bonchev–Trinajstić information content (AvgIpc) is 2.35. The van der Waals surface area contributed by atoms with Gasteiger partial charge in [0.05, 0.1) is 6.20 Å². The molecule has 0 aliphatic rings. The van der Waals surface area contributed by atoms with E-state index in [2.05, 4.69) is 45.7 Å². The molecule has 2 aromatic rings. The molecule has 2 rings (SSSR count). The maximum absolute atomic E-state index is 4.38. The summed E-state index contributed by atoms with van der Waals surface area (Å²) in [5, 5.41) is 14.3. The average molecular weight is 257 g/mol. The van der Waals surface area contributed by atoms with Crippen LogP contribution in [-0.2, 0) is 0 Å². The number of nitrogens with zero attached hydrogens (tertiary/aromatic N) is 3. The van der Waals surface area contributed by atoms with Crippen molar-refractivity contribution in [1.29, 1.82) is 0 Å². The standard InChI is InChI=1S/C14H19N5/c1-9(2)16-14-18-13(8-15-19-14)17-12-7-5-6-10(3)11(12)4/h5-9H,1-4H3,(H2,16,17,18,19). The molecule has 19 heavy (non-hydrogen) atoms. The fourth-order valence-electron chi connectivity index (χ4n) is 1.71. The Morgan fingerprint density at radius 3 is 2.68 bits per heavy atom. The molecule has 0 radical (unpaired) electrons. The highest BCUT2D eigenvalue weighted by molar-refractivity contribution is 5.61. The predicted molar refractivity (Wildman–Crippen MR) is 77.8 cm³/mol. The summed E-state index contributed by atoms with van der Waals surface area (Å²) in [5.74, 6) is 1.22. The number of hydrogen-bond acceptors (Lipinski definition) is 5. The lowest BCUT2D eigenvalue weighted by Gasteiger charge is -2.12. The van der Waals surface area contributed by atoms with Crippen molar-refractivity contribution < 1.29 is 0 Å². The van der Waals surface area contributed by atoms with Crippen molar-refractivity contribution in [3.8, 4) is 0 Å². The Hall–Kier alpha value is -2.17. The maximum atomic E-state index is 4.38. The number of aryl methyl sites for hydroxylation is 1. The van der Waals surface area contributed by atoms with E-state index in [1.54, 1.807) is 6.20 Å². The summed E-state index contributed by atoms with van der Waals surface area (Å²) in [6.07, 6.45) is 1.62. The van der Waals surface area contributed by atoms with Crippen molar-refractivity contribution in [2.45, 2.75) is 33.7 Å². The van der Waals surface area contributed by atoms with Gasteiger partial charge < -0.3 is 10.6 Å². The molecule has 0 amide bonds. The van der Waals surface area contributed by atoms with Gasteiger partial charge in [-0.05, 0) is 44.9 Å². The van der Waals surface area contributed by atoms with Gasteiger partial charge in [0, 0.05) is 11.7 Å². The van der Waals surface area contributed by atoms with Gasteiger partial charge in [0.2, 0.25) is 5.95 Å². The number of anilines is 3. The molecule has 1 aromatic carbocycles. The quantitative estimate of drug-likeness (QED) is 0.881. The molecular formula is C14H19N5. The topological polar surface area (TPSA) is 62.7 Å². The largest absolute Gasteiger partial charge is 0.351 e. The molecule has 100 valence electrons. The summed E-state index contributed by atoms with van der Waals surface area (Å²) in [6.45, 7) is 8.24. The molecule has 2 N–H and O–H groups in total. The normalized spacial score (nSPS) is 10.6. The first-order valence-electron chi connectivity index (χ1n) is 6.36. The summed E-state index contributed by atoms with van der Waals surface area (Å²) in [5.41, 5.74) is 3.49. The van der Waals surface area contributed by atoms with Crippen LogP contribution in [0.15, 0.2) is 24.4 Å². The Morgan fingerprint density at radius 1 is 1.16 bits per heavy atom. The van der Waals surface area contributed by atoms with Crippen molar-refractivity contribution in [2.75, 3.05) is 10.6 Å². The van der Waals surface area contributed by atoms with Gasteiger partial charge >= 0.3 is 0 Å². The third-order valence-corrected chi connectivity index (χ3v) is 2.84. The summed E-state index contributed by atoms with van der Waals surface area (Å²) in [6, 6.07) is 6.41. The first-order chi connectivity index (χ1) is 9.06. The van der Waals surface area contributed by atoms with Crippen LogP contribution in [0.1, 0.15) is 25.0 Å². The van der Waals surface area contributed by atoms with Crippen LogP contribution in [0.25, 0.3) is 0 Å². The molecule has 0 atom stereocenters. The van der Waals surface area contributed by atoms with E-state index in [1.807, 2.05) is 26.0 Å². The molecule has 0 spiro atoms. The Morgan fingerprint density at radius 2 is 1.95 bits per heavy atom. The van der Waals surface area contributed by atoms with E-state index >= 15 is 0 Å². The van der Waals surface area contributed by atoms with E-state index in [0.29, 0.717) is 11.8 Å². The number of aromatic nitrogens is 3. The second-order valence-electron chi connectivity index (χ2n) is 4.84. The Bertz CT molecular complexity index is 566. The minimum atomic E-state index is 0.276. The van der Waals surface area contributed by atoms with Gasteiger partial charge in [0.15, 0.2) is 5.82 Å². The van der Waals surface area contributed by atoms with Gasteiger partial charge in [-0.1, -0.05) is 12.1 Å². The fourth-order valence-corrected chi connectivity index (χ4v) is 1.71. The van der Waals surface area contributed by atoms with E-state index in [4.69, 9.17) is 0 Å². The monoisotopic (exact) mass is 257 g/mol. The van der Waals surface area contributed by atoms with E-state index in [0.717, 1.165) is 5.69 Å². The second-order valence-corrected chi connectivity index (χ2v) is 4.84. The van der Waals surface area contributed by atoms with Crippen LogP contribution in [0.5, 0.6) is 0 Å². The van der Waals surface area contributed by atoms with Gasteiger partial charge in [-0.3, -0.25) is 0 Å². The molecule has 0 bridgehead atoms. The fraction of sp³-hybridized carbons (Fsp3) is 0.357. The first kappa shape index (κ1) is 13.3. The van der Waals surface area contributed by atoms with E-state index in [9.17, 15) is 0 Å². The lowest BCUT2D eigenvalue weighted by atomic mass is 10.1. The zero-order chi connectivity index (χ0) is 13.8. The molecule has 5 heteroatoms. The molecule has 1 heterocycles. The smallest absolute Gasteiger partial charge is 0.244 e. The number of hydrogen-bond donors (Lipinski definition) is 2. The van der Waals surface area contributed by atoms with Crippen molar-refractivity contribution in [1.82, 2.24) is 15.2 Å². The molecular weight excluding hydrogens is 238 g/mol. The molecule has 0 saturated carbocycles. The first-order valence-corrected chi connectivity index (χ1v) is 6.36. The molecule has 0 unspecified atom stereocenters. The van der Waals surface area contributed by atoms with Crippen molar-refractivity contribution >= 4 is 17.5 Å². The highest BCUT2D eigenvalue weighted by atomic mass is 15.3. The highest BCUT2D eigenvalue weighted by Gasteiger charge is 2.05. The molecule has 0 aliphatic heterocycles. The predicted octanol–water partition coefficient (Wildman–Crippen LogP) is 3.05. The van der Waals surface area contributed by atoms with E-state index in [-0.39, 0.29) is 6.04 Å². The van der Waals surface area contributed by atoms with Crippen LogP contribution >= 0.6 is 0 Å². The van der Waals surface area contributed by atoms with E-state index in [1.165, 1.54) is 11.1 Å². The van der Waals surface area contributed by atoms with Crippen LogP contribution in [0, 0.1) is 13.8 Å². The second kappa shape index (κ2) is 5.65.